The van der Waals surface area contributed by atoms with E-state index in [1.807, 2.05) is 30.7 Å². The first-order valence-corrected chi connectivity index (χ1v) is 9.45. The summed E-state index contributed by atoms with van der Waals surface area (Å²) in [6, 6.07) is 6.63. The number of nitrogens with two attached hydrogens (primary N) is 1. The van der Waals surface area contributed by atoms with E-state index >= 15 is 0 Å². The fourth-order valence-corrected chi connectivity index (χ4v) is 4.54. The molecular weight excluding hydrogens is 361 g/mol. The number of hydrogen-bond acceptors (Lipinski definition) is 6. The molecule has 1 saturated carbocycles. The molecule has 1 aliphatic heterocycles. The van der Waals surface area contributed by atoms with Gasteiger partial charge in [-0.05, 0) is 50.3 Å². The fraction of sp³-hybridized carbons (Fsp3) is 0.450. The number of nitrogen functional groups attached to an aromatic ring is 1. The molecule has 146 valence electrons. The Balaban J connectivity index is 1.50. The molecule has 1 saturated heterocycles. The van der Waals surface area contributed by atoms with E-state index in [9.17, 15) is 4.39 Å². The topological polar surface area (TPSA) is 88.1 Å². The lowest BCUT2D eigenvalue weighted by atomic mass is 9.96. The van der Waals surface area contributed by atoms with Crippen LogP contribution in [-0.4, -0.2) is 37.7 Å². The molecular formula is C20H22FN5O2. The third kappa shape index (κ3) is 2.84. The number of anilines is 1. The molecule has 0 radical (unpaired) electrons. The Morgan fingerprint density at radius 1 is 1.18 bits per heavy atom. The van der Waals surface area contributed by atoms with E-state index in [1.54, 1.807) is 6.20 Å². The van der Waals surface area contributed by atoms with Crippen molar-refractivity contribution in [2.75, 3.05) is 5.73 Å². The van der Waals surface area contributed by atoms with Crippen LogP contribution in [0.4, 0.5) is 10.2 Å². The lowest BCUT2D eigenvalue weighted by Crippen LogP contribution is -2.28. The number of ether oxygens (including phenoxy) is 2. The van der Waals surface area contributed by atoms with Crippen molar-refractivity contribution >= 4 is 16.9 Å². The maximum absolute atomic E-state index is 13.3. The highest BCUT2D eigenvalue weighted by Gasteiger charge is 2.55. The van der Waals surface area contributed by atoms with Gasteiger partial charge in [-0.1, -0.05) is 12.1 Å². The van der Waals surface area contributed by atoms with E-state index in [1.165, 1.54) is 18.5 Å². The van der Waals surface area contributed by atoms with Gasteiger partial charge in [-0.15, -0.1) is 0 Å². The largest absolute Gasteiger partial charge is 0.383 e. The van der Waals surface area contributed by atoms with Crippen molar-refractivity contribution in [3.63, 3.8) is 0 Å². The van der Waals surface area contributed by atoms with Gasteiger partial charge in [0.15, 0.2) is 11.4 Å². The first kappa shape index (κ1) is 17.5. The first-order chi connectivity index (χ1) is 13.4. The Hall–Kier alpha value is -2.58. The quantitative estimate of drug-likeness (QED) is 0.748. The minimum absolute atomic E-state index is 0.0241. The van der Waals surface area contributed by atoms with Crippen molar-refractivity contribution in [1.82, 2.24) is 19.7 Å². The number of fused-ring (bicyclic) bond motifs is 2. The van der Waals surface area contributed by atoms with Gasteiger partial charge < -0.3 is 15.2 Å². The molecule has 3 heterocycles. The van der Waals surface area contributed by atoms with Crippen molar-refractivity contribution in [3.05, 3.63) is 48.2 Å². The zero-order valence-corrected chi connectivity index (χ0v) is 15.7. The highest BCUT2D eigenvalue weighted by atomic mass is 19.1. The minimum atomic E-state index is -0.661. The third-order valence-electron chi connectivity index (χ3n) is 5.70. The average Bonchev–Trinajstić information content (AvgIpc) is 3.30. The summed E-state index contributed by atoms with van der Waals surface area (Å²) in [4.78, 5) is 8.43. The van der Waals surface area contributed by atoms with Gasteiger partial charge in [-0.3, -0.25) is 0 Å². The molecule has 3 aromatic rings. The number of nitrogens with zero attached hydrogens (tertiary/aromatic N) is 4. The molecule has 0 spiro atoms. The first-order valence-electron chi connectivity index (χ1n) is 9.45. The summed E-state index contributed by atoms with van der Waals surface area (Å²) in [5.74, 6) is -0.252. The molecule has 8 heteroatoms. The highest BCUT2D eigenvalue weighted by Crippen LogP contribution is 2.48. The van der Waals surface area contributed by atoms with Gasteiger partial charge >= 0.3 is 0 Å². The molecule has 2 fully saturated rings. The molecule has 1 aliphatic carbocycles. The molecule has 0 unspecified atom stereocenters. The Morgan fingerprint density at radius 3 is 2.71 bits per heavy atom. The molecule has 1 aromatic carbocycles. The van der Waals surface area contributed by atoms with E-state index in [0.717, 1.165) is 23.8 Å². The summed E-state index contributed by atoms with van der Waals surface area (Å²) < 4.78 is 27.7. The van der Waals surface area contributed by atoms with Gasteiger partial charge in [0.2, 0.25) is 0 Å². The van der Waals surface area contributed by atoms with Gasteiger partial charge in [0.05, 0.1) is 23.7 Å². The molecule has 2 aromatic heterocycles. The number of hydrogen-bond donors (Lipinski definition) is 1. The van der Waals surface area contributed by atoms with Gasteiger partial charge in [-0.25, -0.2) is 19.0 Å². The molecule has 2 aliphatic rings. The van der Waals surface area contributed by atoms with Gasteiger partial charge in [0.1, 0.15) is 24.1 Å². The standard InChI is InChI=1S/C20H22FN5O2/c1-20(2)27-16-12(7-11-3-5-13(21)6-4-11)8-15(17(16)28-20)26-19-14(9-25-26)18(22)23-10-24-19/h3-6,9-10,12,15-17H,7-8H2,1-2H3,(H2,22,23,24)/t12-,15+,16+,17-/m0/s1. The number of rotatable bonds is 3. The van der Waals surface area contributed by atoms with Gasteiger partial charge in [0.25, 0.3) is 0 Å². The van der Waals surface area contributed by atoms with Crippen molar-refractivity contribution in [2.45, 2.75) is 50.7 Å². The summed E-state index contributed by atoms with van der Waals surface area (Å²) >= 11 is 0. The summed E-state index contributed by atoms with van der Waals surface area (Å²) in [5, 5.41) is 5.28. The molecule has 5 rings (SSSR count). The van der Waals surface area contributed by atoms with E-state index in [2.05, 4.69) is 15.1 Å². The van der Waals surface area contributed by atoms with Crippen LogP contribution in [0.2, 0.25) is 0 Å². The second-order valence-corrected chi connectivity index (χ2v) is 8.04. The summed E-state index contributed by atoms with van der Waals surface area (Å²) in [7, 11) is 0. The lowest BCUT2D eigenvalue weighted by molar-refractivity contribution is -0.160. The Kier molecular flexibility index (Phi) is 3.89. The maximum Gasteiger partial charge on any atom is 0.163 e. The van der Waals surface area contributed by atoms with Crippen LogP contribution in [-0.2, 0) is 15.9 Å². The maximum atomic E-state index is 13.3. The van der Waals surface area contributed by atoms with E-state index in [-0.39, 0.29) is 30.0 Å². The van der Waals surface area contributed by atoms with Crippen LogP contribution in [0.5, 0.6) is 0 Å². The Bertz CT molecular complexity index is 1020. The van der Waals surface area contributed by atoms with E-state index in [4.69, 9.17) is 15.2 Å². The van der Waals surface area contributed by atoms with Crippen LogP contribution in [0.15, 0.2) is 36.8 Å². The van der Waals surface area contributed by atoms with Crippen LogP contribution in [0.25, 0.3) is 11.0 Å². The molecule has 0 amide bonds. The second kappa shape index (κ2) is 6.22. The molecule has 0 bridgehead atoms. The summed E-state index contributed by atoms with van der Waals surface area (Å²) in [6.45, 7) is 3.86. The number of halogens is 1. The molecule has 4 atom stereocenters. The lowest BCUT2D eigenvalue weighted by Gasteiger charge is -2.24. The zero-order valence-electron chi connectivity index (χ0n) is 15.7. The van der Waals surface area contributed by atoms with E-state index in [0.29, 0.717) is 11.5 Å². The number of benzene rings is 1. The molecule has 7 nitrogen and oxygen atoms in total. The summed E-state index contributed by atoms with van der Waals surface area (Å²) in [6.07, 6.45) is 4.56. The smallest absolute Gasteiger partial charge is 0.163 e. The SMILES string of the molecule is CC1(C)O[C@@H]2[C@@H](Cc3ccc(F)cc3)C[C@@H](n3ncc4c(N)ncnc43)[C@@H]2O1. The highest BCUT2D eigenvalue weighted by molar-refractivity contribution is 5.84. The van der Waals surface area contributed by atoms with Crippen LogP contribution >= 0.6 is 0 Å². The second-order valence-electron chi connectivity index (χ2n) is 8.04. The molecule has 2 N–H and O–H groups in total. The normalized spacial score (nSPS) is 28.7. The van der Waals surface area contributed by atoms with Crippen LogP contribution < -0.4 is 5.73 Å². The zero-order chi connectivity index (χ0) is 19.5. The van der Waals surface area contributed by atoms with Crippen LogP contribution in [0, 0.1) is 11.7 Å². The number of aromatic nitrogens is 4. The van der Waals surface area contributed by atoms with Crippen molar-refractivity contribution < 1.29 is 13.9 Å². The van der Waals surface area contributed by atoms with Crippen molar-refractivity contribution in [2.24, 2.45) is 5.92 Å². The monoisotopic (exact) mass is 383 g/mol. The Morgan fingerprint density at radius 2 is 1.93 bits per heavy atom. The van der Waals surface area contributed by atoms with E-state index < -0.39 is 5.79 Å². The third-order valence-corrected chi connectivity index (χ3v) is 5.70. The predicted molar refractivity (Wildman–Crippen MR) is 101 cm³/mol. The van der Waals surface area contributed by atoms with Gasteiger partial charge in [0, 0.05) is 0 Å². The Labute approximate surface area is 161 Å². The van der Waals surface area contributed by atoms with Crippen LogP contribution in [0.3, 0.4) is 0 Å². The minimum Gasteiger partial charge on any atom is -0.383 e. The fourth-order valence-electron chi connectivity index (χ4n) is 4.54. The van der Waals surface area contributed by atoms with Crippen molar-refractivity contribution in [1.29, 1.82) is 0 Å². The average molecular weight is 383 g/mol. The van der Waals surface area contributed by atoms with Crippen molar-refractivity contribution in [3.8, 4) is 0 Å². The van der Waals surface area contributed by atoms with Crippen LogP contribution in [0.1, 0.15) is 31.9 Å². The van der Waals surface area contributed by atoms with Gasteiger partial charge in [-0.2, -0.15) is 5.10 Å². The predicted octanol–water partition coefficient (Wildman–Crippen LogP) is 2.87. The summed E-state index contributed by atoms with van der Waals surface area (Å²) in [5.41, 5.74) is 7.75. The molecule has 28 heavy (non-hydrogen) atoms.